The molecule has 0 aliphatic rings. The Hall–Kier alpha value is -0.0800. The Kier molecular flexibility index (Phi) is 5.10. The number of rotatable bonds is 5. The Balaban J connectivity index is 4.13. The van der Waals surface area contributed by atoms with Gasteiger partial charge in [0.2, 0.25) is 0 Å². The molecule has 0 heterocycles. The van der Waals surface area contributed by atoms with Crippen molar-refractivity contribution in [1.29, 1.82) is 0 Å². The lowest BCUT2D eigenvalue weighted by Crippen LogP contribution is -2.35. The molecule has 0 aromatic rings. The van der Waals surface area contributed by atoms with Crippen LogP contribution in [0.3, 0.4) is 0 Å². The summed E-state index contributed by atoms with van der Waals surface area (Å²) in [5.74, 6) is 0.272. The molecule has 0 bridgehead atoms. The van der Waals surface area contributed by atoms with Gasteiger partial charge in [0.1, 0.15) is 0 Å². The van der Waals surface area contributed by atoms with E-state index < -0.39 is 5.60 Å². The zero-order valence-electron chi connectivity index (χ0n) is 10.3. The van der Waals surface area contributed by atoms with Crippen LogP contribution in [0.15, 0.2) is 0 Å². The van der Waals surface area contributed by atoms with E-state index in [0.29, 0.717) is 12.8 Å². The molecular weight excluding hydrogens is 176 g/mol. The van der Waals surface area contributed by atoms with Crippen molar-refractivity contribution in [2.24, 2.45) is 11.3 Å². The summed E-state index contributed by atoms with van der Waals surface area (Å²) in [6, 6.07) is 0. The Morgan fingerprint density at radius 2 is 1.64 bits per heavy atom. The minimum atomic E-state index is -0.643. The molecule has 2 heteroatoms. The lowest BCUT2D eigenvalue weighted by molar-refractivity contribution is -0.0210. The van der Waals surface area contributed by atoms with Crippen LogP contribution in [-0.4, -0.2) is 22.4 Å². The molecule has 14 heavy (non-hydrogen) atoms. The van der Waals surface area contributed by atoms with Crippen molar-refractivity contribution in [2.45, 2.75) is 59.5 Å². The molecule has 2 atom stereocenters. The zero-order valence-corrected chi connectivity index (χ0v) is 10.3. The molecule has 0 aromatic carbocycles. The highest BCUT2D eigenvalue weighted by atomic mass is 16.3. The van der Waals surface area contributed by atoms with Crippen LogP contribution in [0.4, 0.5) is 0 Å². The van der Waals surface area contributed by atoms with E-state index >= 15 is 0 Å². The third-order valence-corrected chi connectivity index (χ3v) is 2.82. The molecule has 0 aliphatic carbocycles. The van der Waals surface area contributed by atoms with Crippen molar-refractivity contribution in [3.63, 3.8) is 0 Å². The van der Waals surface area contributed by atoms with Gasteiger partial charge in [-0.25, -0.2) is 0 Å². The van der Waals surface area contributed by atoms with Gasteiger partial charge in [0.25, 0.3) is 0 Å². The van der Waals surface area contributed by atoms with E-state index in [2.05, 4.69) is 27.7 Å². The van der Waals surface area contributed by atoms with E-state index in [0.717, 1.165) is 6.42 Å². The second kappa shape index (κ2) is 5.13. The Bertz CT molecular complexity index is 156. The highest BCUT2D eigenvalue weighted by molar-refractivity contribution is 4.82. The summed E-state index contributed by atoms with van der Waals surface area (Å²) in [6.45, 7) is 10.7. The summed E-state index contributed by atoms with van der Waals surface area (Å²) in [5.41, 5.74) is -0.390. The Labute approximate surface area is 88.3 Å². The van der Waals surface area contributed by atoms with Gasteiger partial charge in [-0.05, 0) is 37.5 Å². The maximum Gasteiger partial charge on any atom is 0.0646 e. The third kappa shape index (κ3) is 5.61. The van der Waals surface area contributed by atoms with Crippen molar-refractivity contribution < 1.29 is 10.2 Å². The van der Waals surface area contributed by atoms with Gasteiger partial charge in [0, 0.05) is 6.61 Å². The molecule has 0 fully saturated rings. The fourth-order valence-corrected chi connectivity index (χ4v) is 1.82. The number of aliphatic hydroxyl groups excluding tert-OH is 1. The molecule has 2 nitrogen and oxygen atoms in total. The van der Waals surface area contributed by atoms with E-state index in [9.17, 15) is 5.11 Å². The van der Waals surface area contributed by atoms with Crippen LogP contribution in [0.1, 0.15) is 53.9 Å². The summed E-state index contributed by atoms with van der Waals surface area (Å²) in [6.07, 6.45) is 2.37. The van der Waals surface area contributed by atoms with Crippen LogP contribution in [-0.2, 0) is 0 Å². The minimum Gasteiger partial charge on any atom is -0.396 e. The molecule has 2 N–H and O–H groups in total. The average Bonchev–Trinajstić information content (AvgIpc) is 1.97. The van der Waals surface area contributed by atoms with Gasteiger partial charge in [0.05, 0.1) is 5.60 Å². The van der Waals surface area contributed by atoms with Gasteiger partial charge in [-0.1, -0.05) is 27.7 Å². The summed E-state index contributed by atoms with van der Waals surface area (Å²) in [5, 5.41) is 18.9. The highest BCUT2D eigenvalue weighted by Gasteiger charge is 2.30. The van der Waals surface area contributed by atoms with Crippen LogP contribution >= 0.6 is 0 Å². The minimum absolute atomic E-state index is 0.165. The normalized spacial score (nSPS) is 19.1. The molecule has 0 saturated heterocycles. The van der Waals surface area contributed by atoms with E-state index in [1.807, 2.05) is 6.92 Å². The van der Waals surface area contributed by atoms with E-state index in [4.69, 9.17) is 5.11 Å². The zero-order chi connectivity index (χ0) is 11.4. The summed E-state index contributed by atoms with van der Waals surface area (Å²) < 4.78 is 0. The van der Waals surface area contributed by atoms with Gasteiger partial charge >= 0.3 is 0 Å². The van der Waals surface area contributed by atoms with Crippen LogP contribution in [0.5, 0.6) is 0 Å². The van der Waals surface area contributed by atoms with Crippen molar-refractivity contribution in [1.82, 2.24) is 0 Å². The van der Waals surface area contributed by atoms with Crippen molar-refractivity contribution in [3.05, 3.63) is 0 Å². The number of hydrogen-bond donors (Lipinski definition) is 2. The molecule has 0 saturated carbocycles. The van der Waals surface area contributed by atoms with E-state index in [1.165, 1.54) is 0 Å². The van der Waals surface area contributed by atoms with Gasteiger partial charge in [-0.3, -0.25) is 0 Å². The molecule has 2 unspecified atom stereocenters. The number of aliphatic hydroxyl groups is 2. The second-order valence-electron chi connectivity index (χ2n) is 5.85. The van der Waals surface area contributed by atoms with E-state index in [1.54, 1.807) is 0 Å². The molecular formula is C12H26O2. The predicted octanol–water partition coefficient (Wildman–Crippen LogP) is 2.58. The van der Waals surface area contributed by atoms with Gasteiger partial charge < -0.3 is 10.2 Å². The average molecular weight is 202 g/mol. The highest BCUT2D eigenvalue weighted by Crippen LogP contribution is 2.33. The van der Waals surface area contributed by atoms with Crippen LogP contribution in [0.2, 0.25) is 0 Å². The molecule has 0 aromatic heterocycles. The third-order valence-electron chi connectivity index (χ3n) is 2.82. The summed E-state index contributed by atoms with van der Waals surface area (Å²) in [7, 11) is 0. The van der Waals surface area contributed by atoms with Crippen molar-refractivity contribution >= 4 is 0 Å². The monoisotopic (exact) mass is 202 g/mol. The maximum absolute atomic E-state index is 10.2. The first-order chi connectivity index (χ1) is 6.19. The molecule has 0 amide bonds. The first-order valence-electron chi connectivity index (χ1n) is 5.52. The standard InChI is InChI=1S/C12H26O2/c1-10(9-11(2,3)4)12(5,14)7-6-8-13/h10,13-14H,6-9H2,1-5H3. The SMILES string of the molecule is CC(CC(C)(C)C)C(C)(O)CCCO. The molecule has 0 radical (unpaired) electrons. The lowest BCUT2D eigenvalue weighted by Gasteiger charge is -2.34. The summed E-state index contributed by atoms with van der Waals surface area (Å²) >= 11 is 0. The van der Waals surface area contributed by atoms with Crippen LogP contribution in [0.25, 0.3) is 0 Å². The molecule has 0 spiro atoms. The van der Waals surface area contributed by atoms with E-state index in [-0.39, 0.29) is 17.9 Å². The largest absolute Gasteiger partial charge is 0.396 e. The fraction of sp³-hybridized carbons (Fsp3) is 1.00. The maximum atomic E-state index is 10.2. The first-order valence-corrected chi connectivity index (χ1v) is 5.52. The van der Waals surface area contributed by atoms with Crippen molar-refractivity contribution in [3.8, 4) is 0 Å². The Morgan fingerprint density at radius 3 is 2.00 bits per heavy atom. The lowest BCUT2D eigenvalue weighted by atomic mass is 9.76. The molecule has 0 aliphatic heterocycles. The second-order valence-corrected chi connectivity index (χ2v) is 5.85. The quantitative estimate of drug-likeness (QED) is 0.719. The Morgan fingerprint density at radius 1 is 1.14 bits per heavy atom. The van der Waals surface area contributed by atoms with Gasteiger partial charge in [-0.2, -0.15) is 0 Å². The molecule has 0 rings (SSSR count). The van der Waals surface area contributed by atoms with Crippen molar-refractivity contribution in [2.75, 3.05) is 6.61 Å². The van der Waals surface area contributed by atoms with Gasteiger partial charge in [0.15, 0.2) is 0 Å². The number of hydrogen-bond acceptors (Lipinski definition) is 2. The first kappa shape index (κ1) is 13.9. The van der Waals surface area contributed by atoms with Gasteiger partial charge in [-0.15, -0.1) is 0 Å². The topological polar surface area (TPSA) is 40.5 Å². The predicted molar refractivity (Wildman–Crippen MR) is 60.2 cm³/mol. The smallest absolute Gasteiger partial charge is 0.0646 e. The molecule has 86 valence electrons. The fourth-order valence-electron chi connectivity index (χ4n) is 1.82. The van der Waals surface area contributed by atoms with Crippen LogP contribution < -0.4 is 0 Å². The summed E-state index contributed by atoms with van der Waals surface area (Å²) in [4.78, 5) is 0. The van der Waals surface area contributed by atoms with Crippen LogP contribution in [0, 0.1) is 11.3 Å².